The Morgan fingerprint density at radius 3 is 2.47 bits per heavy atom. The molecule has 1 aliphatic heterocycles. The zero-order valence-corrected chi connectivity index (χ0v) is 12.1. The molecule has 0 saturated carbocycles. The summed E-state index contributed by atoms with van der Waals surface area (Å²) in [4.78, 5) is 24.9. The topological polar surface area (TPSA) is 57.6 Å². The van der Waals surface area contributed by atoms with Crippen molar-refractivity contribution in [3.8, 4) is 0 Å². The van der Waals surface area contributed by atoms with Crippen LogP contribution in [-0.4, -0.2) is 46.0 Å². The smallest absolute Gasteiger partial charge is 0.327 e. The number of benzene rings is 1. The van der Waals surface area contributed by atoms with E-state index in [4.69, 9.17) is 28.3 Å². The molecule has 4 nitrogen and oxygen atoms in total. The molecule has 1 aliphatic rings. The van der Waals surface area contributed by atoms with Gasteiger partial charge in [-0.1, -0.05) is 23.2 Å². The molecule has 1 aromatic rings. The summed E-state index contributed by atoms with van der Waals surface area (Å²) < 4.78 is 0. The minimum absolute atomic E-state index is 0.315. The number of hydrogen-bond acceptors (Lipinski definition) is 3. The number of aliphatic carboxylic acids is 1. The molecule has 1 N–H and O–H groups in total. The second kappa shape index (κ2) is 6.03. The van der Waals surface area contributed by atoms with Gasteiger partial charge in [-0.05, 0) is 18.2 Å². The van der Waals surface area contributed by atoms with Crippen molar-refractivity contribution in [1.29, 1.82) is 0 Å². The average molecular weight is 320 g/mol. The van der Waals surface area contributed by atoms with E-state index in [9.17, 15) is 9.59 Å². The maximum absolute atomic E-state index is 12.4. The second-order valence-corrected chi connectivity index (χ2v) is 6.11. The Morgan fingerprint density at radius 1 is 1.26 bits per heavy atom. The Balaban J connectivity index is 2.28. The zero-order valence-electron chi connectivity index (χ0n) is 9.81. The number of carboxylic acids is 1. The maximum atomic E-state index is 12.4. The van der Waals surface area contributed by atoms with E-state index >= 15 is 0 Å². The summed E-state index contributed by atoms with van der Waals surface area (Å²) in [5.74, 6) is -0.218. The van der Waals surface area contributed by atoms with Crippen molar-refractivity contribution in [1.82, 2.24) is 4.90 Å². The molecular weight excluding hydrogens is 309 g/mol. The number of carbonyl (C=O) groups excluding carboxylic acids is 1. The highest BCUT2D eigenvalue weighted by molar-refractivity contribution is 7.99. The number of amides is 1. The highest BCUT2D eigenvalue weighted by Gasteiger charge is 2.33. The molecule has 2 rings (SSSR count). The van der Waals surface area contributed by atoms with Crippen molar-refractivity contribution in [3.63, 3.8) is 0 Å². The summed E-state index contributed by atoms with van der Waals surface area (Å²) in [6.45, 7) is 0.407. The Labute approximate surface area is 124 Å². The van der Waals surface area contributed by atoms with Crippen molar-refractivity contribution in [2.75, 3.05) is 18.1 Å². The van der Waals surface area contributed by atoms with Gasteiger partial charge in [0, 0.05) is 33.7 Å². The first-order valence-electron chi connectivity index (χ1n) is 5.56. The minimum Gasteiger partial charge on any atom is -0.480 e. The molecular formula is C12H11Cl2NO3S. The van der Waals surface area contributed by atoms with Crippen LogP contribution in [0.1, 0.15) is 10.4 Å². The number of carbonyl (C=O) groups is 2. The van der Waals surface area contributed by atoms with Crippen LogP contribution in [0.3, 0.4) is 0 Å². The van der Waals surface area contributed by atoms with Crippen LogP contribution < -0.4 is 0 Å². The lowest BCUT2D eigenvalue weighted by Crippen LogP contribution is -2.50. The van der Waals surface area contributed by atoms with Gasteiger partial charge in [-0.3, -0.25) is 4.79 Å². The SMILES string of the molecule is O=C(O)C1CSCCN1C(=O)c1cc(Cl)cc(Cl)c1. The average Bonchev–Trinajstić information content (AvgIpc) is 2.36. The number of halogens is 2. The van der Waals surface area contributed by atoms with E-state index in [1.54, 1.807) is 0 Å². The molecule has 1 unspecified atom stereocenters. The summed E-state index contributed by atoms with van der Waals surface area (Å²) in [7, 11) is 0. The second-order valence-electron chi connectivity index (χ2n) is 4.09. The standard InChI is InChI=1S/C12H11Cl2NO3S/c13-8-3-7(4-9(14)5-8)11(16)15-1-2-19-6-10(15)12(17)18/h3-5,10H,1-2,6H2,(H,17,18). The number of rotatable bonds is 2. The van der Waals surface area contributed by atoms with E-state index < -0.39 is 12.0 Å². The van der Waals surface area contributed by atoms with E-state index in [0.717, 1.165) is 5.75 Å². The van der Waals surface area contributed by atoms with Crippen LogP contribution in [0.25, 0.3) is 0 Å². The molecule has 0 spiro atoms. The monoisotopic (exact) mass is 319 g/mol. The van der Waals surface area contributed by atoms with Gasteiger partial charge in [0.2, 0.25) is 0 Å². The molecule has 1 saturated heterocycles. The van der Waals surface area contributed by atoms with Gasteiger partial charge in [-0.15, -0.1) is 0 Å². The molecule has 1 aromatic carbocycles. The molecule has 102 valence electrons. The number of nitrogens with zero attached hydrogens (tertiary/aromatic N) is 1. The Kier molecular flexibility index (Phi) is 4.60. The van der Waals surface area contributed by atoms with Crippen molar-refractivity contribution in [2.24, 2.45) is 0 Å². The van der Waals surface area contributed by atoms with Crippen molar-refractivity contribution >= 4 is 46.8 Å². The van der Waals surface area contributed by atoms with Gasteiger partial charge in [0.05, 0.1) is 0 Å². The maximum Gasteiger partial charge on any atom is 0.327 e. The predicted octanol–water partition coefficient (Wildman–Crippen LogP) is 2.64. The molecule has 1 amide bonds. The molecule has 0 radical (unpaired) electrons. The molecule has 0 aliphatic carbocycles. The highest BCUT2D eigenvalue weighted by Crippen LogP contribution is 2.23. The first-order valence-corrected chi connectivity index (χ1v) is 7.47. The third-order valence-corrected chi connectivity index (χ3v) is 4.24. The van der Waals surface area contributed by atoms with Crippen molar-refractivity contribution in [3.05, 3.63) is 33.8 Å². The first kappa shape index (κ1) is 14.5. The van der Waals surface area contributed by atoms with E-state index in [-0.39, 0.29) is 5.91 Å². The lowest BCUT2D eigenvalue weighted by atomic mass is 10.1. The van der Waals surface area contributed by atoms with Crippen LogP contribution in [0.15, 0.2) is 18.2 Å². The van der Waals surface area contributed by atoms with Crippen molar-refractivity contribution in [2.45, 2.75) is 6.04 Å². The van der Waals surface area contributed by atoms with E-state index in [1.807, 2.05) is 0 Å². The Morgan fingerprint density at radius 2 is 1.89 bits per heavy atom. The summed E-state index contributed by atoms with van der Waals surface area (Å²) in [6.07, 6.45) is 0. The summed E-state index contributed by atoms with van der Waals surface area (Å²) in [5.41, 5.74) is 0.315. The Bertz CT molecular complexity index is 503. The van der Waals surface area contributed by atoms with Gasteiger partial charge in [0.25, 0.3) is 5.91 Å². The van der Waals surface area contributed by atoms with Crippen LogP contribution in [0.2, 0.25) is 10.0 Å². The third kappa shape index (κ3) is 3.35. The molecule has 1 heterocycles. The third-order valence-electron chi connectivity index (χ3n) is 2.78. The summed E-state index contributed by atoms with van der Waals surface area (Å²) >= 11 is 13.2. The van der Waals surface area contributed by atoms with Gasteiger partial charge < -0.3 is 10.0 Å². The fourth-order valence-corrected chi connectivity index (χ4v) is 3.46. The molecule has 0 aromatic heterocycles. The molecule has 1 atom stereocenters. The lowest BCUT2D eigenvalue weighted by molar-refractivity contribution is -0.141. The van der Waals surface area contributed by atoms with E-state index in [0.29, 0.717) is 27.9 Å². The first-order chi connectivity index (χ1) is 8.99. The minimum atomic E-state index is -0.992. The fourth-order valence-electron chi connectivity index (χ4n) is 1.89. The molecule has 19 heavy (non-hydrogen) atoms. The number of carboxylic acid groups (broad SMARTS) is 1. The molecule has 1 fully saturated rings. The fraction of sp³-hybridized carbons (Fsp3) is 0.333. The van der Waals surface area contributed by atoms with Gasteiger partial charge in [-0.2, -0.15) is 11.8 Å². The molecule has 0 bridgehead atoms. The Hall–Kier alpha value is -0.910. The van der Waals surface area contributed by atoms with Crippen LogP contribution in [0.4, 0.5) is 0 Å². The van der Waals surface area contributed by atoms with Crippen LogP contribution in [0, 0.1) is 0 Å². The van der Waals surface area contributed by atoms with Crippen LogP contribution >= 0.6 is 35.0 Å². The predicted molar refractivity (Wildman–Crippen MR) is 76.2 cm³/mol. The van der Waals surface area contributed by atoms with Gasteiger partial charge >= 0.3 is 5.97 Å². The quantitative estimate of drug-likeness (QED) is 0.910. The lowest BCUT2D eigenvalue weighted by Gasteiger charge is -2.32. The van der Waals surface area contributed by atoms with Gasteiger partial charge in [-0.25, -0.2) is 4.79 Å². The molecule has 7 heteroatoms. The normalized spacial score (nSPS) is 19.3. The largest absolute Gasteiger partial charge is 0.480 e. The number of hydrogen-bond donors (Lipinski definition) is 1. The zero-order chi connectivity index (χ0) is 14.0. The van der Waals surface area contributed by atoms with E-state index in [2.05, 4.69) is 0 Å². The highest BCUT2D eigenvalue weighted by atomic mass is 35.5. The van der Waals surface area contributed by atoms with E-state index in [1.165, 1.54) is 34.9 Å². The summed E-state index contributed by atoms with van der Waals surface area (Å²) in [6, 6.07) is 3.72. The summed E-state index contributed by atoms with van der Waals surface area (Å²) in [5, 5.41) is 9.87. The number of thioether (sulfide) groups is 1. The van der Waals surface area contributed by atoms with Gasteiger partial charge in [0.1, 0.15) is 6.04 Å². The van der Waals surface area contributed by atoms with Gasteiger partial charge in [0.15, 0.2) is 0 Å². The van der Waals surface area contributed by atoms with Crippen LogP contribution in [-0.2, 0) is 4.79 Å². The van der Waals surface area contributed by atoms with Crippen molar-refractivity contribution < 1.29 is 14.7 Å². The van der Waals surface area contributed by atoms with Crippen LogP contribution in [0.5, 0.6) is 0 Å².